The predicted molar refractivity (Wildman–Crippen MR) is 79.6 cm³/mol. The largest absolute Gasteiger partial charge is 0.382 e. The number of hydrogen-bond donors (Lipinski definition) is 2. The summed E-state index contributed by atoms with van der Waals surface area (Å²) in [4.78, 5) is 12.3. The smallest absolute Gasteiger partial charge is 0.257 e. The number of amides is 1. The molecule has 0 aromatic heterocycles. The zero-order valence-electron chi connectivity index (χ0n) is 11.5. The molecule has 2 aromatic carbocycles. The number of anilines is 2. The Morgan fingerprint density at radius 3 is 2.55 bits per heavy atom. The number of nitrogens with one attached hydrogen (secondary N) is 2. The van der Waals surface area contributed by atoms with E-state index < -0.39 is 0 Å². The number of hydrogen-bond acceptors (Lipinski definition) is 2. The molecule has 0 fully saturated rings. The first-order valence-corrected chi connectivity index (χ1v) is 6.49. The number of rotatable bonds is 4. The molecule has 0 heterocycles. The van der Waals surface area contributed by atoms with Crippen LogP contribution in [0.25, 0.3) is 0 Å². The Labute approximate surface area is 117 Å². The van der Waals surface area contributed by atoms with Crippen LogP contribution in [-0.4, -0.2) is 11.9 Å². The van der Waals surface area contributed by atoms with Crippen LogP contribution in [0, 0.1) is 5.82 Å². The van der Waals surface area contributed by atoms with Gasteiger partial charge in [0.2, 0.25) is 0 Å². The summed E-state index contributed by atoms with van der Waals surface area (Å²) in [5.41, 5.74) is 1.73. The second-order valence-electron chi connectivity index (χ2n) is 4.81. The summed E-state index contributed by atoms with van der Waals surface area (Å²) >= 11 is 0. The highest BCUT2D eigenvalue weighted by Gasteiger charge is 2.11. The van der Waals surface area contributed by atoms with E-state index in [1.807, 2.05) is 26.0 Å². The van der Waals surface area contributed by atoms with Crippen molar-refractivity contribution in [2.45, 2.75) is 19.9 Å². The van der Waals surface area contributed by atoms with Crippen LogP contribution in [0.5, 0.6) is 0 Å². The molecule has 0 atom stereocenters. The Morgan fingerprint density at radius 1 is 1.10 bits per heavy atom. The van der Waals surface area contributed by atoms with Gasteiger partial charge in [0.05, 0.1) is 5.56 Å². The van der Waals surface area contributed by atoms with E-state index >= 15 is 0 Å². The Bertz CT molecular complexity index is 611. The maximum Gasteiger partial charge on any atom is 0.257 e. The first-order chi connectivity index (χ1) is 9.56. The molecule has 0 bridgehead atoms. The van der Waals surface area contributed by atoms with Crippen molar-refractivity contribution >= 4 is 17.3 Å². The summed E-state index contributed by atoms with van der Waals surface area (Å²) in [6.45, 7) is 4.00. The molecule has 2 aromatic rings. The van der Waals surface area contributed by atoms with Gasteiger partial charge in [-0.2, -0.15) is 0 Å². The summed E-state index contributed by atoms with van der Waals surface area (Å²) in [6.07, 6.45) is 0. The van der Waals surface area contributed by atoms with E-state index in [1.54, 1.807) is 24.3 Å². The van der Waals surface area contributed by atoms with Gasteiger partial charge in [-0.25, -0.2) is 4.39 Å². The Kier molecular flexibility index (Phi) is 4.35. The third kappa shape index (κ3) is 3.57. The van der Waals surface area contributed by atoms with Crippen molar-refractivity contribution in [3.05, 3.63) is 59.9 Å². The molecule has 0 unspecified atom stereocenters. The quantitative estimate of drug-likeness (QED) is 0.886. The van der Waals surface area contributed by atoms with E-state index in [-0.39, 0.29) is 17.8 Å². The number of para-hydroxylation sites is 1. The highest BCUT2D eigenvalue weighted by molar-refractivity contribution is 6.08. The van der Waals surface area contributed by atoms with Gasteiger partial charge >= 0.3 is 0 Å². The standard InChI is InChI=1S/C16H17FN2O/c1-11(2)18-15-9-4-3-8-14(15)16(20)19-13-7-5-6-12(17)10-13/h3-11,18H,1-2H3,(H,19,20). The van der Waals surface area contributed by atoms with Crippen LogP contribution in [0.4, 0.5) is 15.8 Å². The predicted octanol–water partition coefficient (Wildman–Crippen LogP) is 3.90. The summed E-state index contributed by atoms with van der Waals surface area (Å²) in [6, 6.07) is 13.3. The average Bonchev–Trinajstić information content (AvgIpc) is 2.38. The third-order valence-electron chi connectivity index (χ3n) is 2.70. The van der Waals surface area contributed by atoms with Crippen molar-refractivity contribution in [1.82, 2.24) is 0 Å². The molecule has 2 N–H and O–H groups in total. The van der Waals surface area contributed by atoms with Crippen molar-refractivity contribution in [1.29, 1.82) is 0 Å². The van der Waals surface area contributed by atoms with Gasteiger partial charge in [0, 0.05) is 17.4 Å². The SMILES string of the molecule is CC(C)Nc1ccccc1C(=O)Nc1cccc(F)c1. The van der Waals surface area contributed by atoms with E-state index in [4.69, 9.17) is 0 Å². The number of carbonyl (C=O) groups is 1. The van der Waals surface area contributed by atoms with Gasteiger partial charge in [0.25, 0.3) is 5.91 Å². The van der Waals surface area contributed by atoms with Crippen LogP contribution >= 0.6 is 0 Å². The molecule has 3 nitrogen and oxygen atoms in total. The molecular weight excluding hydrogens is 255 g/mol. The summed E-state index contributed by atoms with van der Waals surface area (Å²) < 4.78 is 13.1. The molecule has 0 aliphatic heterocycles. The minimum atomic E-state index is -0.378. The van der Waals surface area contributed by atoms with Crippen LogP contribution in [0.2, 0.25) is 0 Å². The molecule has 2 rings (SSSR count). The molecule has 0 saturated carbocycles. The van der Waals surface area contributed by atoms with Gasteiger partial charge in [0.15, 0.2) is 0 Å². The molecule has 1 amide bonds. The van der Waals surface area contributed by atoms with Crippen LogP contribution in [-0.2, 0) is 0 Å². The normalized spacial score (nSPS) is 10.4. The fraction of sp³-hybridized carbons (Fsp3) is 0.188. The molecule has 0 radical (unpaired) electrons. The maximum absolute atomic E-state index is 13.1. The zero-order chi connectivity index (χ0) is 14.5. The summed E-state index contributed by atoms with van der Waals surface area (Å²) in [5, 5.41) is 5.91. The summed E-state index contributed by atoms with van der Waals surface area (Å²) in [7, 11) is 0. The van der Waals surface area contributed by atoms with Crippen molar-refractivity contribution in [2.75, 3.05) is 10.6 Å². The highest BCUT2D eigenvalue weighted by Crippen LogP contribution is 2.18. The Balaban J connectivity index is 2.21. The highest BCUT2D eigenvalue weighted by atomic mass is 19.1. The number of carbonyl (C=O) groups excluding carboxylic acids is 1. The molecule has 104 valence electrons. The fourth-order valence-corrected chi connectivity index (χ4v) is 1.88. The van der Waals surface area contributed by atoms with Crippen molar-refractivity contribution in [2.24, 2.45) is 0 Å². The molecule has 0 aliphatic rings. The minimum Gasteiger partial charge on any atom is -0.382 e. The van der Waals surface area contributed by atoms with Crippen molar-refractivity contribution < 1.29 is 9.18 Å². The summed E-state index contributed by atoms with van der Waals surface area (Å²) in [5.74, 6) is -0.643. The van der Waals surface area contributed by atoms with E-state index in [0.717, 1.165) is 5.69 Å². The molecule has 0 saturated heterocycles. The Morgan fingerprint density at radius 2 is 1.85 bits per heavy atom. The maximum atomic E-state index is 13.1. The topological polar surface area (TPSA) is 41.1 Å². The van der Waals surface area contributed by atoms with E-state index in [9.17, 15) is 9.18 Å². The van der Waals surface area contributed by atoms with Crippen molar-refractivity contribution in [3.8, 4) is 0 Å². The molecule has 4 heteroatoms. The first-order valence-electron chi connectivity index (χ1n) is 6.49. The lowest BCUT2D eigenvalue weighted by Crippen LogP contribution is -2.17. The van der Waals surface area contributed by atoms with Gasteiger partial charge in [0.1, 0.15) is 5.82 Å². The molecular formula is C16H17FN2O. The number of benzene rings is 2. The Hall–Kier alpha value is -2.36. The van der Waals surface area contributed by atoms with E-state index in [2.05, 4.69) is 10.6 Å². The lowest BCUT2D eigenvalue weighted by Gasteiger charge is -2.14. The second-order valence-corrected chi connectivity index (χ2v) is 4.81. The molecule has 0 spiro atoms. The second kappa shape index (κ2) is 6.19. The van der Waals surface area contributed by atoms with Gasteiger partial charge in [-0.15, -0.1) is 0 Å². The molecule has 0 aliphatic carbocycles. The van der Waals surface area contributed by atoms with Crippen molar-refractivity contribution in [3.63, 3.8) is 0 Å². The third-order valence-corrected chi connectivity index (χ3v) is 2.70. The lowest BCUT2D eigenvalue weighted by molar-refractivity contribution is 0.102. The van der Waals surface area contributed by atoms with Gasteiger partial charge in [-0.1, -0.05) is 18.2 Å². The van der Waals surface area contributed by atoms with Crippen LogP contribution in [0.1, 0.15) is 24.2 Å². The monoisotopic (exact) mass is 272 g/mol. The first kappa shape index (κ1) is 14.1. The van der Waals surface area contributed by atoms with E-state index in [1.165, 1.54) is 12.1 Å². The number of halogens is 1. The van der Waals surface area contributed by atoms with Crippen LogP contribution < -0.4 is 10.6 Å². The van der Waals surface area contributed by atoms with Gasteiger partial charge in [-0.05, 0) is 44.2 Å². The average molecular weight is 272 g/mol. The van der Waals surface area contributed by atoms with Gasteiger partial charge < -0.3 is 10.6 Å². The zero-order valence-corrected chi connectivity index (χ0v) is 11.5. The van der Waals surface area contributed by atoms with Crippen LogP contribution in [0.3, 0.4) is 0 Å². The van der Waals surface area contributed by atoms with E-state index in [0.29, 0.717) is 11.3 Å². The fourth-order valence-electron chi connectivity index (χ4n) is 1.88. The lowest BCUT2D eigenvalue weighted by atomic mass is 10.1. The minimum absolute atomic E-state index is 0.220. The van der Waals surface area contributed by atoms with Crippen LogP contribution in [0.15, 0.2) is 48.5 Å². The molecule has 20 heavy (non-hydrogen) atoms. The van der Waals surface area contributed by atoms with Gasteiger partial charge in [-0.3, -0.25) is 4.79 Å².